The number of rotatable bonds is 7. The molecule has 0 aliphatic carbocycles. The molecule has 134 valence electrons. The van der Waals surface area contributed by atoms with Crippen molar-refractivity contribution in [3.8, 4) is 0 Å². The third kappa shape index (κ3) is 3.90. The predicted molar refractivity (Wildman–Crippen MR) is 128 cm³/mol. The molecule has 0 unspecified atom stereocenters. The highest BCUT2D eigenvalue weighted by Gasteiger charge is 2.12. The van der Waals surface area contributed by atoms with Gasteiger partial charge in [0, 0.05) is 20.4 Å². The largest absolute Gasteiger partial charge is 0.354 e. The van der Waals surface area contributed by atoms with E-state index in [-0.39, 0.29) is 0 Å². The summed E-state index contributed by atoms with van der Waals surface area (Å²) in [6.45, 7) is 15.5. The van der Waals surface area contributed by atoms with Gasteiger partial charge in [0.25, 0.3) is 0 Å². The predicted octanol–water partition coefficient (Wildman–Crippen LogP) is 8.45. The van der Waals surface area contributed by atoms with Crippen molar-refractivity contribution in [3.63, 3.8) is 0 Å². The summed E-state index contributed by atoms with van der Waals surface area (Å²) in [7, 11) is 0. The van der Waals surface area contributed by atoms with E-state index in [4.69, 9.17) is 0 Å². The third-order valence-electron chi connectivity index (χ3n) is 4.23. The van der Waals surface area contributed by atoms with E-state index >= 15 is 0 Å². The van der Waals surface area contributed by atoms with Gasteiger partial charge in [-0.15, -0.1) is 11.3 Å². The lowest BCUT2D eigenvalue weighted by Gasteiger charge is -2.10. The first kappa shape index (κ1) is 19.2. The molecule has 0 bridgehead atoms. The third-order valence-corrected chi connectivity index (χ3v) is 5.93. The molecular weight excluding hydrogens is 414 g/mol. The van der Waals surface area contributed by atoms with Gasteiger partial charge in [-0.2, -0.15) is 0 Å². The maximum atomic E-state index is 3.96. The Hall–Kier alpha value is -2.62. The Morgan fingerprint density at radius 1 is 1.00 bits per heavy atom. The fourth-order valence-corrected chi connectivity index (χ4v) is 4.53. The molecule has 1 heterocycles. The molecule has 2 aromatic carbocycles. The molecule has 3 heteroatoms. The van der Waals surface area contributed by atoms with Crippen LogP contribution < -0.4 is 5.32 Å². The molecule has 3 rings (SSSR count). The maximum absolute atomic E-state index is 3.96. The Labute approximate surface area is 172 Å². The van der Waals surface area contributed by atoms with Crippen LogP contribution >= 0.6 is 27.3 Å². The SMILES string of the molecule is C=C/C=C(\C=C)c1ccc(Nc2cc(Br)cc3c(C=C)c(C=C)sc23)cc1. The zero-order valence-electron chi connectivity index (χ0n) is 15.0. The van der Waals surface area contributed by atoms with Gasteiger partial charge in [-0.25, -0.2) is 0 Å². The Balaban J connectivity index is 2.02. The number of thiophene rings is 1. The molecule has 0 aliphatic rings. The lowest BCUT2D eigenvalue weighted by atomic mass is 10.1. The van der Waals surface area contributed by atoms with Crippen LogP contribution in [-0.4, -0.2) is 0 Å². The summed E-state index contributed by atoms with van der Waals surface area (Å²) in [5.74, 6) is 0. The number of fused-ring (bicyclic) bond motifs is 1. The van der Waals surface area contributed by atoms with Crippen LogP contribution in [0.25, 0.3) is 27.8 Å². The van der Waals surface area contributed by atoms with E-state index in [2.05, 4.69) is 84.0 Å². The summed E-state index contributed by atoms with van der Waals surface area (Å²) in [6.07, 6.45) is 9.33. The standard InChI is InChI=1S/C24H20BrNS/c1-5-9-16(6-2)17-10-12-19(13-11-17)26-22-15-18(25)14-21-20(7-3)23(8-4)27-24(21)22/h5-15,26H,1-4H2/b16-9+. The molecule has 0 spiro atoms. The second-order valence-electron chi connectivity index (χ2n) is 5.88. The lowest BCUT2D eigenvalue weighted by molar-refractivity contribution is 1.55. The molecule has 1 aromatic heterocycles. The molecule has 1 nitrogen and oxygen atoms in total. The highest BCUT2D eigenvalue weighted by molar-refractivity contribution is 9.10. The summed E-state index contributed by atoms with van der Waals surface area (Å²) in [6, 6.07) is 12.5. The molecule has 27 heavy (non-hydrogen) atoms. The van der Waals surface area contributed by atoms with Gasteiger partial charge in [0.1, 0.15) is 0 Å². The Bertz CT molecular complexity index is 1070. The van der Waals surface area contributed by atoms with Crippen molar-refractivity contribution in [2.75, 3.05) is 5.32 Å². The molecule has 0 amide bonds. The van der Waals surface area contributed by atoms with E-state index in [1.807, 2.05) is 24.3 Å². The normalized spacial score (nSPS) is 11.2. The molecule has 0 radical (unpaired) electrons. The fourth-order valence-electron chi connectivity index (χ4n) is 2.97. The Kier molecular flexibility index (Phi) is 5.94. The van der Waals surface area contributed by atoms with Crippen molar-refractivity contribution in [3.05, 3.63) is 101 Å². The minimum atomic E-state index is 1.02. The smallest absolute Gasteiger partial charge is 0.0591 e. The van der Waals surface area contributed by atoms with E-state index < -0.39 is 0 Å². The summed E-state index contributed by atoms with van der Waals surface area (Å²) in [4.78, 5) is 1.13. The first-order valence-electron chi connectivity index (χ1n) is 8.44. The topological polar surface area (TPSA) is 12.0 Å². The summed E-state index contributed by atoms with van der Waals surface area (Å²) in [5, 5.41) is 4.71. The summed E-state index contributed by atoms with van der Waals surface area (Å²) < 4.78 is 2.21. The van der Waals surface area contributed by atoms with Gasteiger partial charge in [0.2, 0.25) is 0 Å². The maximum Gasteiger partial charge on any atom is 0.0591 e. The van der Waals surface area contributed by atoms with Gasteiger partial charge in [-0.05, 0) is 41.0 Å². The zero-order valence-corrected chi connectivity index (χ0v) is 17.4. The fraction of sp³-hybridized carbons (Fsp3) is 0. The van der Waals surface area contributed by atoms with Crippen LogP contribution in [0.4, 0.5) is 11.4 Å². The van der Waals surface area contributed by atoms with Gasteiger partial charge in [0.15, 0.2) is 0 Å². The van der Waals surface area contributed by atoms with E-state index in [9.17, 15) is 0 Å². The van der Waals surface area contributed by atoms with Crippen molar-refractivity contribution in [1.29, 1.82) is 0 Å². The van der Waals surface area contributed by atoms with Crippen molar-refractivity contribution in [2.24, 2.45) is 0 Å². The molecule has 0 saturated carbocycles. The monoisotopic (exact) mass is 433 g/mol. The van der Waals surface area contributed by atoms with Gasteiger partial charge < -0.3 is 5.32 Å². The summed E-state index contributed by atoms with van der Waals surface area (Å²) >= 11 is 5.34. The van der Waals surface area contributed by atoms with E-state index in [0.717, 1.165) is 37.4 Å². The van der Waals surface area contributed by atoms with Gasteiger partial charge in [-0.1, -0.05) is 84.8 Å². The number of anilines is 2. The van der Waals surface area contributed by atoms with Crippen molar-refractivity contribution < 1.29 is 0 Å². The van der Waals surface area contributed by atoms with Crippen LogP contribution in [-0.2, 0) is 0 Å². The average molecular weight is 434 g/mol. The van der Waals surface area contributed by atoms with Crippen LogP contribution in [0, 0.1) is 0 Å². The molecule has 1 N–H and O–H groups in total. The van der Waals surface area contributed by atoms with Crippen LogP contribution in [0.2, 0.25) is 0 Å². The van der Waals surface area contributed by atoms with Crippen molar-refractivity contribution in [2.45, 2.75) is 0 Å². The average Bonchev–Trinajstić information content (AvgIpc) is 3.04. The van der Waals surface area contributed by atoms with Gasteiger partial charge >= 0.3 is 0 Å². The van der Waals surface area contributed by atoms with Crippen LogP contribution in [0.5, 0.6) is 0 Å². The van der Waals surface area contributed by atoms with Crippen LogP contribution in [0.3, 0.4) is 0 Å². The molecule has 3 aromatic rings. The molecule has 0 atom stereocenters. The zero-order chi connectivity index (χ0) is 19.4. The molecule has 0 aliphatic heterocycles. The number of benzene rings is 2. The Morgan fingerprint density at radius 3 is 2.33 bits per heavy atom. The van der Waals surface area contributed by atoms with E-state index in [1.165, 1.54) is 10.1 Å². The van der Waals surface area contributed by atoms with Crippen molar-refractivity contribution >= 4 is 66.5 Å². The first-order valence-corrected chi connectivity index (χ1v) is 10.1. The summed E-state index contributed by atoms with van der Waals surface area (Å²) in [5.41, 5.74) is 5.35. The highest BCUT2D eigenvalue weighted by atomic mass is 79.9. The second-order valence-corrected chi connectivity index (χ2v) is 7.85. The minimum absolute atomic E-state index is 1.02. The second kappa shape index (κ2) is 8.38. The minimum Gasteiger partial charge on any atom is -0.354 e. The quantitative estimate of drug-likeness (QED) is 0.368. The van der Waals surface area contributed by atoms with Gasteiger partial charge in [0.05, 0.1) is 10.4 Å². The molecule has 0 fully saturated rings. The van der Waals surface area contributed by atoms with Gasteiger partial charge in [-0.3, -0.25) is 0 Å². The number of allylic oxidation sites excluding steroid dienone is 4. The number of hydrogen-bond acceptors (Lipinski definition) is 2. The van der Waals surface area contributed by atoms with Crippen molar-refractivity contribution in [1.82, 2.24) is 0 Å². The van der Waals surface area contributed by atoms with E-state index in [1.54, 1.807) is 17.4 Å². The first-order chi connectivity index (χ1) is 13.1. The number of hydrogen-bond donors (Lipinski definition) is 1. The molecular formula is C24H20BrNS. The Morgan fingerprint density at radius 2 is 1.74 bits per heavy atom. The lowest BCUT2D eigenvalue weighted by Crippen LogP contribution is -1.91. The van der Waals surface area contributed by atoms with E-state index in [0.29, 0.717) is 0 Å². The van der Waals surface area contributed by atoms with Crippen LogP contribution in [0.15, 0.2) is 85.4 Å². The number of nitrogens with one attached hydrogen (secondary N) is 1. The number of halogens is 1. The van der Waals surface area contributed by atoms with Crippen LogP contribution in [0.1, 0.15) is 16.0 Å². The molecule has 0 saturated heterocycles. The highest BCUT2D eigenvalue weighted by Crippen LogP contribution is 2.40.